The second kappa shape index (κ2) is 7.21. The van der Waals surface area contributed by atoms with E-state index in [1.54, 1.807) is 7.11 Å². The summed E-state index contributed by atoms with van der Waals surface area (Å²) in [6.45, 7) is 7.11. The quantitative estimate of drug-likeness (QED) is 0.606. The maximum Gasteiger partial charge on any atom is 0.0462 e. The van der Waals surface area contributed by atoms with Crippen molar-refractivity contribution in [1.29, 1.82) is 0 Å². The van der Waals surface area contributed by atoms with E-state index in [0.29, 0.717) is 0 Å². The molecule has 0 aromatic carbocycles. The first-order valence-electron chi connectivity index (χ1n) is 5.51. The highest BCUT2D eigenvalue weighted by Crippen LogP contribution is 2.16. The van der Waals surface area contributed by atoms with Gasteiger partial charge in [0.2, 0.25) is 0 Å². The van der Waals surface area contributed by atoms with Crippen molar-refractivity contribution in [3.8, 4) is 0 Å². The highest BCUT2D eigenvalue weighted by molar-refractivity contribution is 4.83. The Hall–Kier alpha value is -0.120. The summed E-state index contributed by atoms with van der Waals surface area (Å²) in [4.78, 5) is 2.36. The van der Waals surface area contributed by atoms with Crippen molar-refractivity contribution >= 4 is 0 Å². The molecule has 0 bridgehead atoms. The van der Waals surface area contributed by atoms with Crippen LogP contribution < -0.4 is 5.73 Å². The molecule has 14 heavy (non-hydrogen) atoms. The van der Waals surface area contributed by atoms with Gasteiger partial charge in [-0.1, -0.05) is 6.92 Å². The summed E-state index contributed by atoms with van der Waals surface area (Å²) < 4.78 is 5.02. The summed E-state index contributed by atoms with van der Waals surface area (Å²) in [5.74, 6) is 0. The molecule has 86 valence electrons. The maximum absolute atomic E-state index is 5.78. The van der Waals surface area contributed by atoms with Crippen LogP contribution in [-0.4, -0.2) is 44.3 Å². The molecule has 1 unspecified atom stereocenters. The molecule has 2 N–H and O–H groups in total. The van der Waals surface area contributed by atoms with Crippen LogP contribution in [0.2, 0.25) is 0 Å². The summed E-state index contributed by atoms with van der Waals surface area (Å²) in [7, 11) is 3.91. The van der Waals surface area contributed by atoms with E-state index in [1.165, 1.54) is 6.42 Å². The standard InChI is InChI=1S/C11H26N2O/c1-5-11(2,10-12)13(3)8-6-7-9-14-4/h5-10,12H2,1-4H3. The van der Waals surface area contributed by atoms with Crippen molar-refractivity contribution in [3.63, 3.8) is 0 Å². The first-order chi connectivity index (χ1) is 6.60. The van der Waals surface area contributed by atoms with Crippen molar-refractivity contribution < 1.29 is 4.74 Å². The van der Waals surface area contributed by atoms with E-state index in [2.05, 4.69) is 25.8 Å². The lowest BCUT2D eigenvalue weighted by Crippen LogP contribution is -2.49. The monoisotopic (exact) mass is 202 g/mol. The van der Waals surface area contributed by atoms with Crippen LogP contribution in [0, 0.1) is 0 Å². The van der Waals surface area contributed by atoms with Gasteiger partial charge >= 0.3 is 0 Å². The van der Waals surface area contributed by atoms with Crippen LogP contribution in [0.15, 0.2) is 0 Å². The Morgan fingerprint density at radius 1 is 1.36 bits per heavy atom. The molecule has 3 heteroatoms. The Labute approximate surface area is 88.6 Å². The van der Waals surface area contributed by atoms with E-state index >= 15 is 0 Å². The minimum Gasteiger partial charge on any atom is -0.385 e. The molecule has 0 saturated carbocycles. The number of nitrogens with two attached hydrogens (primary N) is 1. The molecule has 0 aromatic heterocycles. The van der Waals surface area contributed by atoms with Gasteiger partial charge in [0.15, 0.2) is 0 Å². The third-order valence-corrected chi connectivity index (χ3v) is 3.21. The van der Waals surface area contributed by atoms with Crippen LogP contribution in [0.4, 0.5) is 0 Å². The van der Waals surface area contributed by atoms with Crippen LogP contribution in [0.25, 0.3) is 0 Å². The summed E-state index contributed by atoms with van der Waals surface area (Å²) in [6, 6.07) is 0. The number of unbranched alkanes of at least 4 members (excludes halogenated alkanes) is 1. The first-order valence-corrected chi connectivity index (χ1v) is 5.51. The molecule has 3 nitrogen and oxygen atoms in total. The summed E-state index contributed by atoms with van der Waals surface area (Å²) in [6.07, 6.45) is 3.41. The van der Waals surface area contributed by atoms with Crippen molar-refractivity contribution in [2.45, 2.75) is 38.6 Å². The molecule has 0 heterocycles. The van der Waals surface area contributed by atoms with Crippen LogP contribution in [-0.2, 0) is 4.74 Å². The topological polar surface area (TPSA) is 38.5 Å². The van der Waals surface area contributed by atoms with Crippen LogP contribution in [0.5, 0.6) is 0 Å². The van der Waals surface area contributed by atoms with E-state index < -0.39 is 0 Å². The average molecular weight is 202 g/mol. The number of likely N-dealkylation sites (N-methyl/N-ethyl adjacent to an activating group) is 1. The number of hydrogen-bond donors (Lipinski definition) is 1. The lowest BCUT2D eigenvalue weighted by Gasteiger charge is -2.37. The Morgan fingerprint density at radius 3 is 2.43 bits per heavy atom. The molecular formula is C11H26N2O. The summed E-state index contributed by atoms with van der Waals surface area (Å²) >= 11 is 0. The average Bonchev–Trinajstić information content (AvgIpc) is 2.22. The van der Waals surface area contributed by atoms with Crippen LogP contribution in [0.3, 0.4) is 0 Å². The van der Waals surface area contributed by atoms with Gasteiger partial charge in [0.25, 0.3) is 0 Å². The predicted octanol–water partition coefficient (Wildman–Crippen LogP) is 1.47. The minimum atomic E-state index is 0.160. The first kappa shape index (κ1) is 13.9. The molecule has 1 atom stereocenters. The van der Waals surface area contributed by atoms with E-state index in [1.807, 2.05) is 0 Å². The lowest BCUT2D eigenvalue weighted by molar-refractivity contribution is 0.129. The molecule has 0 amide bonds. The zero-order valence-corrected chi connectivity index (χ0v) is 10.2. The van der Waals surface area contributed by atoms with Gasteiger partial charge < -0.3 is 10.5 Å². The van der Waals surface area contributed by atoms with Gasteiger partial charge in [-0.3, -0.25) is 4.90 Å². The van der Waals surface area contributed by atoms with Crippen molar-refractivity contribution in [2.24, 2.45) is 5.73 Å². The maximum atomic E-state index is 5.78. The Bertz CT molecular complexity index is 135. The Morgan fingerprint density at radius 2 is 2.00 bits per heavy atom. The van der Waals surface area contributed by atoms with E-state index in [0.717, 1.165) is 32.5 Å². The second-order valence-corrected chi connectivity index (χ2v) is 4.18. The Balaban J connectivity index is 3.75. The van der Waals surface area contributed by atoms with Gasteiger partial charge in [0, 0.05) is 25.8 Å². The second-order valence-electron chi connectivity index (χ2n) is 4.18. The van der Waals surface area contributed by atoms with E-state index in [9.17, 15) is 0 Å². The fourth-order valence-electron chi connectivity index (χ4n) is 1.44. The third-order valence-electron chi connectivity index (χ3n) is 3.21. The smallest absolute Gasteiger partial charge is 0.0462 e. The predicted molar refractivity (Wildman–Crippen MR) is 61.5 cm³/mol. The van der Waals surface area contributed by atoms with Crippen LogP contribution in [0.1, 0.15) is 33.1 Å². The van der Waals surface area contributed by atoms with E-state index in [4.69, 9.17) is 10.5 Å². The minimum absolute atomic E-state index is 0.160. The molecule has 0 saturated heterocycles. The van der Waals surface area contributed by atoms with Gasteiger partial charge in [0.1, 0.15) is 0 Å². The number of nitrogens with zero attached hydrogens (tertiary/aromatic N) is 1. The Kier molecular flexibility index (Phi) is 7.15. The highest BCUT2D eigenvalue weighted by Gasteiger charge is 2.24. The third kappa shape index (κ3) is 4.40. The fraction of sp³-hybridized carbons (Fsp3) is 1.00. The zero-order chi connectivity index (χ0) is 11.0. The van der Waals surface area contributed by atoms with Gasteiger partial charge in [-0.05, 0) is 39.8 Å². The molecule has 0 aromatic rings. The molecule has 0 radical (unpaired) electrons. The van der Waals surface area contributed by atoms with Crippen LogP contribution >= 0.6 is 0 Å². The number of ether oxygens (including phenoxy) is 1. The molecule has 0 fully saturated rings. The normalized spacial score (nSPS) is 15.9. The van der Waals surface area contributed by atoms with Gasteiger partial charge in [-0.15, -0.1) is 0 Å². The molecule has 0 aliphatic rings. The van der Waals surface area contributed by atoms with E-state index in [-0.39, 0.29) is 5.54 Å². The number of rotatable bonds is 8. The largest absolute Gasteiger partial charge is 0.385 e. The van der Waals surface area contributed by atoms with Crippen molar-refractivity contribution in [2.75, 3.05) is 33.9 Å². The van der Waals surface area contributed by atoms with Gasteiger partial charge in [-0.2, -0.15) is 0 Å². The SMILES string of the molecule is CCC(C)(CN)N(C)CCCCOC. The highest BCUT2D eigenvalue weighted by atomic mass is 16.5. The molecule has 0 aliphatic carbocycles. The van der Waals surface area contributed by atoms with Crippen molar-refractivity contribution in [1.82, 2.24) is 4.90 Å². The zero-order valence-electron chi connectivity index (χ0n) is 10.2. The van der Waals surface area contributed by atoms with Gasteiger partial charge in [-0.25, -0.2) is 0 Å². The molecule has 0 rings (SSSR count). The molecule has 0 aliphatic heterocycles. The molecule has 0 spiro atoms. The summed E-state index contributed by atoms with van der Waals surface area (Å²) in [5, 5.41) is 0. The molecular weight excluding hydrogens is 176 g/mol. The summed E-state index contributed by atoms with van der Waals surface area (Å²) in [5.41, 5.74) is 5.94. The van der Waals surface area contributed by atoms with Gasteiger partial charge in [0.05, 0.1) is 0 Å². The number of methoxy groups -OCH3 is 1. The lowest BCUT2D eigenvalue weighted by atomic mass is 9.97. The number of hydrogen-bond acceptors (Lipinski definition) is 3. The van der Waals surface area contributed by atoms with Crippen molar-refractivity contribution in [3.05, 3.63) is 0 Å². The fourth-order valence-corrected chi connectivity index (χ4v) is 1.44.